The second-order valence-electron chi connectivity index (χ2n) is 5.18. The first-order valence-corrected chi connectivity index (χ1v) is 6.91. The third kappa shape index (κ3) is 3.04. The molecule has 19 heavy (non-hydrogen) atoms. The first-order chi connectivity index (χ1) is 9.00. The van der Waals surface area contributed by atoms with Crippen molar-refractivity contribution in [1.29, 1.82) is 0 Å². The van der Waals surface area contributed by atoms with Gasteiger partial charge in [0.25, 0.3) is 0 Å². The SMILES string of the molecule is CN(C)C1CCN(c2cccc(F)c2C(N)=S)CC1. The number of halogens is 1. The lowest BCUT2D eigenvalue weighted by molar-refractivity contribution is 0.249. The van der Waals surface area contributed by atoms with E-state index >= 15 is 0 Å². The molecule has 0 unspecified atom stereocenters. The van der Waals surface area contributed by atoms with Gasteiger partial charge in [0.05, 0.1) is 5.56 Å². The quantitative estimate of drug-likeness (QED) is 0.859. The van der Waals surface area contributed by atoms with Crippen LogP contribution in [0.1, 0.15) is 18.4 Å². The van der Waals surface area contributed by atoms with Gasteiger partial charge in [-0.2, -0.15) is 0 Å². The fourth-order valence-electron chi connectivity index (χ4n) is 2.64. The Bertz CT molecular complexity index is 468. The van der Waals surface area contributed by atoms with Crippen LogP contribution in [-0.4, -0.2) is 43.1 Å². The minimum atomic E-state index is -0.334. The van der Waals surface area contributed by atoms with E-state index in [4.69, 9.17) is 18.0 Å². The maximum Gasteiger partial charge on any atom is 0.135 e. The molecular weight excluding hydrogens is 261 g/mol. The highest BCUT2D eigenvalue weighted by Crippen LogP contribution is 2.27. The molecule has 1 heterocycles. The van der Waals surface area contributed by atoms with Crippen molar-refractivity contribution in [3.8, 4) is 0 Å². The van der Waals surface area contributed by atoms with Gasteiger partial charge in [-0.1, -0.05) is 18.3 Å². The van der Waals surface area contributed by atoms with Crippen LogP contribution < -0.4 is 10.6 Å². The number of nitrogens with zero attached hydrogens (tertiary/aromatic N) is 2. The number of hydrogen-bond acceptors (Lipinski definition) is 3. The highest BCUT2D eigenvalue weighted by molar-refractivity contribution is 7.80. The molecule has 0 aliphatic carbocycles. The van der Waals surface area contributed by atoms with Gasteiger partial charge in [-0.05, 0) is 39.1 Å². The van der Waals surface area contributed by atoms with Gasteiger partial charge in [0.15, 0.2) is 0 Å². The summed E-state index contributed by atoms with van der Waals surface area (Å²) in [5.74, 6) is -0.334. The lowest BCUT2D eigenvalue weighted by Crippen LogP contribution is -2.42. The summed E-state index contributed by atoms with van der Waals surface area (Å²) < 4.78 is 13.9. The summed E-state index contributed by atoms with van der Waals surface area (Å²) in [4.78, 5) is 4.55. The molecule has 0 atom stereocenters. The van der Waals surface area contributed by atoms with Gasteiger partial charge >= 0.3 is 0 Å². The summed E-state index contributed by atoms with van der Waals surface area (Å²) in [6.07, 6.45) is 2.14. The zero-order valence-corrected chi connectivity index (χ0v) is 12.2. The van der Waals surface area contributed by atoms with Crippen LogP contribution in [-0.2, 0) is 0 Å². The molecule has 1 aliphatic rings. The predicted octanol–water partition coefficient (Wildman–Crippen LogP) is 1.99. The van der Waals surface area contributed by atoms with Gasteiger partial charge < -0.3 is 15.5 Å². The molecule has 2 N–H and O–H groups in total. The summed E-state index contributed by atoms with van der Waals surface area (Å²) in [6, 6.07) is 5.61. The normalized spacial score (nSPS) is 16.9. The number of rotatable bonds is 3. The standard InChI is InChI=1S/C14H20FN3S/c1-17(2)10-6-8-18(9-7-10)12-5-3-4-11(15)13(12)14(16)19/h3-5,10H,6-9H2,1-2H3,(H2,16,19). The van der Waals surface area contributed by atoms with Crippen molar-refractivity contribution in [3.63, 3.8) is 0 Å². The van der Waals surface area contributed by atoms with Crippen LogP contribution in [0, 0.1) is 5.82 Å². The second kappa shape index (κ2) is 5.84. The number of thiocarbonyl (C=S) groups is 1. The Morgan fingerprint density at radius 1 is 1.37 bits per heavy atom. The van der Waals surface area contributed by atoms with Crippen molar-refractivity contribution in [2.45, 2.75) is 18.9 Å². The van der Waals surface area contributed by atoms with Crippen LogP contribution in [0.3, 0.4) is 0 Å². The molecule has 0 aromatic heterocycles. The summed E-state index contributed by atoms with van der Waals surface area (Å²) in [7, 11) is 4.20. The van der Waals surface area contributed by atoms with E-state index in [1.54, 1.807) is 6.07 Å². The van der Waals surface area contributed by atoms with E-state index in [2.05, 4.69) is 23.9 Å². The third-order valence-electron chi connectivity index (χ3n) is 3.77. The lowest BCUT2D eigenvalue weighted by atomic mass is 10.0. The number of hydrogen-bond donors (Lipinski definition) is 1. The molecule has 1 fully saturated rings. The maximum atomic E-state index is 13.9. The van der Waals surface area contributed by atoms with Crippen molar-refractivity contribution in [1.82, 2.24) is 4.90 Å². The van der Waals surface area contributed by atoms with E-state index in [1.807, 2.05) is 6.07 Å². The average molecular weight is 281 g/mol. The van der Waals surface area contributed by atoms with E-state index in [0.29, 0.717) is 11.6 Å². The molecular formula is C14H20FN3S. The molecule has 5 heteroatoms. The monoisotopic (exact) mass is 281 g/mol. The van der Waals surface area contributed by atoms with E-state index in [9.17, 15) is 4.39 Å². The van der Waals surface area contributed by atoms with Gasteiger partial charge in [0.1, 0.15) is 10.8 Å². The molecule has 2 rings (SSSR count). The number of benzene rings is 1. The van der Waals surface area contributed by atoms with Gasteiger partial charge in [0, 0.05) is 24.8 Å². The Balaban J connectivity index is 2.20. The molecule has 1 aliphatic heterocycles. The highest BCUT2D eigenvalue weighted by Gasteiger charge is 2.23. The Labute approximate surface area is 119 Å². The molecule has 0 amide bonds. The van der Waals surface area contributed by atoms with Gasteiger partial charge in [0.2, 0.25) is 0 Å². The molecule has 0 spiro atoms. The first-order valence-electron chi connectivity index (χ1n) is 6.50. The van der Waals surface area contributed by atoms with Crippen LogP contribution in [0.4, 0.5) is 10.1 Å². The van der Waals surface area contributed by atoms with Gasteiger partial charge in [-0.3, -0.25) is 0 Å². The Morgan fingerprint density at radius 2 is 2.00 bits per heavy atom. The fourth-order valence-corrected chi connectivity index (χ4v) is 2.85. The molecule has 1 aromatic carbocycles. The molecule has 0 bridgehead atoms. The Hall–Kier alpha value is -1.20. The Morgan fingerprint density at radius 3 is 2.53 bits per heavy atom. The van der Waals surface area contributed by atoms with Gasteiger partial charge in [-0.15, -0.1) is 0 Å². The molecule has 0 radical (unpaired) electrons. The minimum Gasteiger partial charge on any atom is -0.389 e. The first kappa shape index (κ1) is 14.2. The average Bonchev–Trinajstić information content (AvgIpc) is 2.38. The third-order valence-corrected chi connectivity index (χ3v) is 3.98. The fraction of sp³-hybridized carbons (Fsp3) is 0.500. The molecule has 104 valence electrons. The van der Waals surface area contributed by atoms with Crippen LogP contribution >= 0.6 is 12.2 Å². The largest absolute Gasteiger partial charge is 0.389 e. The maximum absolute atomic E-state index is 13.9. The van der Waals surface area contributed by atoms with Crippen LogP contribution in [0.15, 0.2) is 18.2 Å². The summed E-state index contributed by atoms with van der Waals surface area (Å²) >= 11 is 4.97. The summed E-state index contributed by atoms with van der Waals surface area (Å²) in [6.45, 7) is 1.81. The highest BCUT2D eigenvalue weighted by atomic mass is 32.1. The summed E-state index contributed by atoms with van der Waals surface area (Å²) in [5, 5.41) is 0. The smallest absolute Gasteiger partial charge is 0.135 e. The Kier molecular flexibility index (Phi) is 4.37. The van der Waals surface area contributed by atoms with E-state index in [-0.39, 0.29) is 10.8 Å². The predicted molar refractivity (Wildman–Crippen MR) is 81.2 cm³/mol. The summed E-state index contributed by atoms with van der Waals surface area (Å²) in [5.41, 5.74) is 6.85. The molecule has 3 nitrogen and oxygen atoms in total. The second-order valence-corrected chi connectivity index (χ2v) is 5.62. The molecule has 1 saturated heterocycles. The van der Waals surface area contributed by atoms with Crippen LogP contribution in [0.25, 0.3) is 0 Å². The van der Waals surface area contributed by atoms with E-state index < -0.39 is 0 Å². The zero-order valence-electron chi connectivity index (χ0n) is 11.4. The number of anilines is 1. The number of nitrogens with two attached hydrogens (primary N) is 1. The van der Waals surface area contributed by atoms with Crippen molar-refractivity contribution >= 4 is 22.9 Å². The molecule has 1 aromatic rings. The molecule has 0 saturated carbocycles. The van der Waals surface area contributed by atoms with Crippen molar-refractivity contribution < 1.29 is 4.39 Å². The van der Waals surface area contributed by atoms with Crippen LogP contribution in [0.2, 0.25) is 0 Å². The number of piperidine rings is 1. The zero-order chi connectivity index (χ0) is 14.0. The topological polar surface area (TPSA) is 32.5 Å². The van der Waals surface area contributed by atoms with Crippen molar-refractivity contribution in [3.05, 3.63) is 29.6 Å². The van der Waals surface area contributed by atoms with E-state index in [0.717, 1.165) is 31.6 Å². The lowest BCUT2D eigenvalue weighted by Gasteiger charge is -2.37. The minimum absolute atomic E-state index is 0.128. The van der Waals surface area contributed by atoms with Crippen molar-refractivity contribution in [2.75, 3.05) is 32.1 Å². The van der Waals surface area contributed by atoms with E-state index in [1.165, 1.54) is 6.07 Å². The van der Waals surface area contributed by atoms with Crippen molar-refractivity contribution in [2.24, 2.45) is 5.73 Å². The van der Waals surface area contributed by atoms with Crippen LogP contribution in [0.5, 0.6) is 0 Å². The van der Waals surface area contributed by atoms with Gasteiger partial charge in [-0.25, -0.2) is 4.39 Å².